The second-order valence-electron chi connectivity index (χ2n) is 5.83. The fourth-order valence-corrected chi connectivity index (χ4v) is 3.95. The molecule has 0 spiro atoms. The number of nitrogens with one attached hydrogen (secondary N) is 1. The van der Waals surface area contributed by atoms with Crippen LogP contribution in [0.2, 0.25) is 5.02 Å². The highest BCUT2D eigenvalue weighted by Crippen LogP contribution is 2.30. The second-order valence-corrected chi connectivity index (χ2v) is 7.95. The van der Waals surface area contributed by atoms with Gasteiger partial charge in [0.15, 0.2) is 0 Å². The zero-order valence-corrected chi connectivity index (χ0v) is 16.3. The summed E-state index contributed by atoms with van der Waals surface area (Å²) in [4.78, 5) is 23.8. The third-order valence-electron chi connectivity index (χ3n) is 4.18. The molecule has 142 valence electrons. The van der Waals surface area contributed by atoms with Crippen molar-refractivity contribution >= 4 is 38.3 Å². The van der Waals surface area contributed by atoms with E-state index in [2.05, 4.69) is 4.72 Å². The van der Waals surface area contributed by atoms with Crippen molar-refractivity contribution in [3.63, 3.8) is 0 Å². The van der Waals surface area contributed by atoms with Gasteiger partial charge in [-0.2, -0.15) is 0 Å². The van der Waals surface area contributed by atoms with Crippen molar-refractivity contribution in [2.45, 2.75) is 4.90 Å². The molecule has 1 N–H and O–H groups in total. The summed E-state index contributed by atoms with van der Waals surface area (Å²) in [6.07, 6.45) is 0. The number of aryl methyl sites for hydroxylation is 2. The number of benzene rings is 2. The van der Waals surface area contributed by atoms with E-state index >= 15 is 0 Å². The first-order chi connectivity index (χ1) is 12.7. The van der Waals surface area contributed by atoms with Gasteiger partial charge < -0.3 is 13.9 Å². The highest BCUT2D eigenvalue weighted by atomic mass is 35.5. The number of hydrogen-bond acceptors (Lipinski definition) is 5. The SMILES string of the molecule is COc1ccc(Cl)cc1NS(=O)(=O)c1ccc2c(c1)n(C)c(=O)c(=O)n2C. The van der Waals surface area contributed by atoms with Gasteiger partial charge in [0.05, 0.1) is 28.7 Å². The Bertz CT molecular complexity index is 1280. The largest absolute Gasteiger partial charge is 0.495 e. The average Bonchev–Trinajstić information content (AvgIpc) is 2.64. The molecule has 3 aromatic rings. The Kier molecular flexibility index (Phi) is 4.75. The third-order valence-corrected chi connectivity index (χ3v) is 5.78. The first-order valence-electron chi connectivity index (χ1n) is 7.72. The molecule has 27 heavy (non-hydrogen) atoms. The predicted molar refractivity (Wildman–Crippen MR) is 103 cm³/mol. The molecule has 0 atom stereocenters. The Morgan fingerprint density at radius 2 is 1.59 bits per heavy atom. The predicted octanol–water partition coefficient (Wildman–Crippen LogP) is 1.70. The molecule has 0 amide bonds. The highest BCUT2D eigenvalue weighted by molar-refractivity contribution is 7.92. The van der Waals surface area contributed by atoms with Crippen LogP contribution in [-0.4, -0.2) is 24.7 Å². The molecular formula is C17H16ClN3O5S. The molecule has 1 heterocycles. The van der Waals surface area contributed by atoms with Crippen LogP contribution in [0.5, 0.6) is 5.75 Å². The highest BCUT2D eigenvalue weighted by Gasteiger charge is 2.19. The van der Waals surface area contributed by atoms with Gasteiger partial charge in [0.2, 0.25) is 0 Å². The van der Waals surface area contributed by atoms with E-state index in [0.717, 1.165) is 4.57 Å². The lowest BCUT2D eigenvalue weighted by Crippen LogP contribution is -2.39. The van der Waals surface area contributed by atoms with Gasteiger partial charge in [-0.05, 0) is 36.4 Å². The minimum absolute atomic E-state index is 0.0781. The number of aromatic nitrogens is 2. The maximum atomic E-state index is 12.8. The monoisotopic (exact) mass is 409 g/mol. The Balaban J connectivity index is 2.16. The molecule has 1 aromatic heterocycles. The van der Waals surface area contributed by atoms with E-state index in [1.54, 1.807) is 12.1 Å². The summed E-state index contributed by atoms with van der Waals surface area (Å²) in [6.45, 7) is 0. The van der Waals surface area contributed by atoms with Gasteiger partial charge >= 0.3 is 11.1 Å². The number of hydrogen-bond donors (Lipinski definition) is 1. The Morgan fingerprint density at radius 1 is 0.963 bits per heavy atom. The summed E-state index contributed by atoms with van der Waals surface area (Å²) in [5.74, 6) is 0.304. The molecule has 3 rings (SSSR count). The molecule has 0 aliphatic carbocycles. The van der Waals surface area contributed by atoms with Crippen molar-refractivity contribution in [2.75, 3.05) is 11.8 Å². The quantitative estimate of drug-likeness (QED) is 0.661. The summed E-state index contributed by atoms with van der Waals surface area (Å²) in [5.41, 5.74) is -0.518. The Labute approximate surface area is 159 Å². The van der Waals surface area contributed by atoms with Crippen LogP contribution in [0, 0.1) is 0 Å². The van der Waals surface area contributed by atoms with Crippen molar-refractivity contribution in [3.8, 4) is 5.75 Å². The average molecular weight is 410 g/mol. The van der Waals surface area contributed by atoms with Crippen molar-refractivity contribution in [1.82, 2.24) is 9.13 Å². The zero-order valence-electron chi connectivity index (χ0n) is 14.7. The van der Waals surface area contributed by atoms with E-state index < -0.39 is 21.1 Å². The molecule has 0 radical (unpaired) electrons. The summed E-state index contributed by atoms with van der Waals surface area (Å²) in [5, 5.41) is 0.337. The Morgan fingerprint density at radius 3 is 2.22 bits per heavy atom. The standard InChI is InChI=1S/C17H16ClN3O5S/c1-20-13-6-5-11(9-14(13)21(2)17(23)16(20)22)27(24,25)19-12-8-10(18)4-7-15(12)26-3/h4-9,19H,1-3H3. The minimum atomic E-state index is -4.00. The first-order valence-corrected chi connectivity index (χ1v) is 9.58. The van der Waals surface area contributed by atoms with Gasteiger partial charge in [-0.15, -0.1) is 0 Å². The number of nitrogens with zero attached hydrogens (tertiary/aromatic N) is 2. The lowest BCUT2D eigenvalue weighted by molar-refractivity contribution is 0.417. The smallest absolute Gasteiger partial charge is 0.316 e. The maximum Gasteiger partial charge on any atom is 0.316 e. The van der Waals surface area contributed by atoms with Gasteiger partial charge in [0.1, 0.15) is 5.75 Å². The van der Waals surface area contributed by atoms with Crippen LogP contribution in [-0.2, 0) is 24.1 Å². The second kappa shape index (κ2) is 6.75. The number of methoxy groups -OCH3 is 1. The van der Waals surface area contributed by atoms with Crippen LogP contribution in [0.3, 0.4) is 0 Å². The fourth-order valence-electron chi connectivity index (χ4n) is 2.69. The van der Waals surface area contributed by atoms with Crippen LogP contribution in [0.4, 0.5) is 5.69 Å². The van der Waals surface area contributed by atoms with Gasteiger partial charge in [-0.25, -0.2) is 8.42 Å². The Hall–Kier alpha value is -2.78. The number of sulfonamides is 1. The van der Waals surface area contributed by atoms with Crippen LogP contribution < -0.4 is 20.6 Å². The normalized spacial score (nSPS) is 11.6. The zero-order chi connectivity index (χ0) is 19.9. The van der Waals surface area contributed by atoms with E-state index in [4.69, 9.17) is 16.3 Å². The van der Waals surface area contributed by atoms with Crippen molar-refractivity contribution in [1.29, 1.82) is 0 Å². The molecule has 0 saturated carbocycles. The lowest BCUT2D eigenvalue weighted by Gasteiger charge is -2.14. The summed E-state index contributed by atoms with van der Waals surface area (Å²) in [7, 11) is 0.278. The molecule has 0 bridgehead atoms. The fraction of sp³-hybridized carbons (Fsp3) is 0.176. The molecular weight excluding hydrogens is 394 g/mol. The molecule has 10 heteroatoms. The van der Waals surface area contributed by atoms with Crippen molar-refractivity contribution < 1.29 is 13.2 Å². The summed E-state index contributed by atoms with van der Waals surface area (Å²) in [6, 6.07) is 8.70. The minimum Gasteiger partial charge on any atom is -0.495 e. The number of anilines is 1. The molecule has 0 saturated heterocycles. The first kappa shape index (κ1) is 19.0. The molecule has 2 aromatic carbocycles. The maximum absolute atomic E-state index is 12.8. The topological polar surface area (TPSA) is 99.4 Å². The number of fused-ring (bicyclic) bond motifs is 1. The van der Waals surface area contributed by atoms with Crippen LogP contribution in [0.25, 0.3) is 11.0 Å². The van der Waals surface area contributed by atoms with Crippen molar-refractivity contribution in [3.05, 3.63) is 62.1 Å². The van der Waals surface area contributed by atoms with Gasteiger partial charge in [-0.3, -0.25) is 14.3 Å². The van der Waals surface area contributed by atoms with E-state index in [1.165, 1.54) is 50.0 Å². The number of halogens is 1. The lowest BCUT2D eigenvalue weighted by atomic mass is 10.3. The van der Waals surface area contributed by atoms with Crippen LogP contribution in [0.1, 0.15) is 0 Å². The number of rotatable bonds is 4. The third kappa shape index (κ3) is 3.31. The van der Waals surface area contributed by atoms with E-state index in [9.17, 15) is 18.0 Å². The summed E-state index contributed by atoms with van der Waals surface area (Å²) >= 11 is 5.94. The van der Waals surface area contributed by atoms with Gasteiger partial charge in [-0.1, -0.05) is 11.6 Å². The van der Waals surface area contributed by atoms with Crippen LogP contribution in [0.15, 0.2) is 50.9 Å². The van der Waals surface area contributed by atoms with E-state index in [1.807, 2.05) is 0 Å². The molecule has 0 fully saturated rings. The number of ether oxygens (including phenoxy) is 1. The molecule has 0 aliphatic heterocycles. The molecule has 0 aliphatic rings. The summed E-state index contributed by atoms with van der Waals surface area (Å²) < 4.78 is 35.5. The van der Waals surface area contributed by atoms with Gasteiger partial charge in [0.25, 0.3) is 10.0 Å². The van der Waals surface area contributed by atoms with E-state index in [0.29, 0.717) is 21.8 Å². The van der Waals surface area contributed by atoms with Crippen molar-refractivity contribution in [2.24, 2.45) is 14.1 Å². The molecule has 8 nitrogen and oxygen atoms in total. The van der Waals surface area contributed by atoms with Crippen LogP contribution >= 0.6 is 11.6 Å². The van der Waals surface area contributed by atoms with E-state index in [-0.39, 0.29) is 10.6 Å². The molecule has 0 unspecified atom stereocenters. The van der Waals surface area contributed by atoms with Gasteiger partial charge in [0, 0.05) is 19.1 Å².